The molecule has 3 heteroatoms. The minimum Gasteiger partial charge on any atom is -0.296 e. The van der Waals surface area contributed by atoms with Gasteiger partial charge in [0.1, 0.15) is 16.1 Å². The fourth-order valence-corrected chi connectivity index (χ4v) is 11.5. The lowest BCUT2D eigenvalue weighted by Gasteiger charge is -2.42. The van der Waals surface area contributed by atoms with Crippen LogP contribution in [0.3, 0.4) is 0 Å². The second-order valence-electron chi connectivity index (χ2n) is 11.9. The van der Waals surface area contributed by atoms with E-state index in [-0.39, 0.29) is 0 Å². The van der Waals surface area contributed by atoms with Gasteiger partial charge in [-0.2, -0.15) is 0 Å². The maximum absolute atomic E-state index is 15.2. The maximum atomic E-state index is 15.2. The van der Waals surface area contributed by atoms with Crippen molar-refractivity contribution < 1.29 is 4.79 Å². The molecule has 1 saturated carbocycles. The van der Waals surface area contributed by atoms with Crippen molar-refractivity contribution in [2.24, 2.45) is 10.8 Å². The van der Waals surface area contributed by atoms with Gasteiger partial charge in [-0.3, -0.25) is 4.79 Å². The van der Waals surface area contributed by atoms with Crippen LogP contribution in [-0.2, 0) is 17.6 Å². The number of Topliss-reactive ketones (excluding diaryl/α,β-unsaturated/α-hetero) is 1. The first-order valence-electron chi connectivity index (χ1n) is 15.5. The Morgan fingerprint density at radius 1 is 0.590 bits per heavy atom. The van der Waals surface area contributed by atoms with Gasteiger partial charge in [0.2, 0.25) is 0 Å². The average Bonchev–Trinajstić information content (AvgIpc) is 2.99. The van der Waals surface area contributed by atoms with Gasteiger partial charge in [0.25, 0.3) is 0 Å². The highest BCUT2D eigenvalue weighted by Gasteiger charge is 2.52. The number of carbonyl (C=O) groups is 1. The van der Waals surface area contributed by atoms with Crippen LogP contribution in [0.1, 0.15) is 71.9 Å². The lowest BCUT2D eigenvalue weighted by Crippen LogP contribution is -2.49. The molecular weight excluding hydrogens is 505 g/mol. The molecule has 2 atom stereocenters. The van der Waals surface area contributed by atoms with Gasteiger partial charge in [0, 0.05) is 0 Å². The fourth-order valence-electron chi connectivity index (χ4n) is 6.46. The Morgan fingerprint density at radius 2 is 0.923 bits per heavy atom. The lowest BCUT2D eigenvalue weighted by molar-refractivity contribution is -0.136. The first-order chi connectivity index (χ1) is 18.8. The number of carbonyl (C=O) groups excluding carboxylic acids is 1. The summed E-state index contributed by atoms with van der Waals surface area (Å²) in [4.78, 5) is 15.2. The van der Waals surface area contributed by atoms with Gasteiger partial charge in [0.05, 0.1) is 10.8 Å². The second kappa shape index (κ2) is 13.8. The summed E-state index contributed by atoms with van der Waals surface area (Å²) in [5.41, 5.74) is 8.83. The number of ketones is 1. The topological polar surface area (TPSA) is 17.1 Å². The van der Waals surface area contributed by atoms with Crippen LogP contribution >= 0.6 is 0 Å². The quantitative estimate of drug-likeness (QED) is 0.211. The minimum absolute atomic E-state index is 0.298. The molecule has 1 fully saturated rings. The maximum Gasteiger partial charge on any atom is 0.169 e. The van der Waals surface area contributed by atoms with Crippen molar-refractivity contribution in [3.8, 4) is 22.9 Å². The van der Waals surface area contributed by atoms with E-state index in [0.717, 1.165) is 55.5 Å². The summed E-state index contributed by atoms with van der Waals surface area (Å²) in [7, 11) is -3.45. The molecule has 1 aliphatic carbocycles. The first-order valence-corrected chi connectivity index (χ1v) is 20.8. The molecule has 0 spiro atoms. The Balaban J connectivity index is 2.23. The normalized spacial score (nSPS) is 21.4. The summed E-state index contributed by atoms with van der Waals surface area (Å²) in [5.74, 6) is 7.92. The summed E-state index contributed by atoms with van der Waals surface area (Å²) in [6.07, 6.45) is 4.05. The molecule has 0 aliphatic heterocycles. The fraction of sp³-hybridized carbons (Fsp3) is 0.528. The average molecular weight is 555 g/mol. The third-order valence-corrected chi connectivity index (χ3v) is 19.4. The summed E-state index contributed by atoms with van der Waals surface area (Å²) in [6, 6.07) is 28.0. The second-order valence-corrected chi connectivity index (χ2v) is 21.7. The van der Waals surface area contributed by atoms with Crippen LogP contribution in [-0.4, -0.2) is 21.9 Å². The van der Waals surface area contributed by atoms with E-state index in [1.807, 2.05) is 0 Å². The smallest absolute Gasteiger partial charge is 0.169 e. The molecule has 2 aromatic carbocycles. The first kappa shape index (κ1) is 31.2. The predicted octanol–water partition coefficient (Wildman–Crippen LogP) is 9.30. The van der Waals surface area contributed by atoms with E-state index in [1.165, 1.54) is 11.1 Å². The lowest BCUT2D eigenvalue weighted by atomic mass is 9.58. The highest BCUT2D eigenvalue weighted by atomic mass is 28.3. The number of rotatable bonds is 10. The van der Waals surface area contributed by atoms with E-state index in [0.29, 0.717) is 18.6 Å². The summed E-state index contributed by atoms with van der Waals surface area (Å²) < 4.78 is 0. The van der Waals surface area contributed by atoms with E-state index in [9.17, 15) is 0 Å². The summed E-state index contributed by atoms with van der Waals surface area (Å²) in [6.45, 7) is 13.8. The van der Waals surface area contributed by atoms with E-state index in [1.54, 1.807) is 0 Å². The van der Waals surface area contributed by atoms with Crippen LogP contribution in [0.15, 0.2) is 60.7 Å². The molecular formula is C36H50OSi2. The number of hydrogen-bond donors (Lipinski definition) is 0. The van der Waals surface area contributed by atoms with Crippen molar-refractivity contribution >= 4 is 21.9 Å². The van der Waals surface area contributed by atoms with Crippen LogP contribution in [0.25, 0.3) is 0 Å². The molecule has 0 amide bonds. The molecule has 0 aromatic heterocycles. The van der Waals surface area contributed by atoms with E-state index in [2.05, 4.69) is 125 Å². The summed E-state index contributed by atoms with van der Waals surface area (Å²) in [5, 5.41) is 0. The van der Waals surface area contributed by atoms with Gasteiger partial charge >= 0.3 is 0 Å². The van der Waals surface area contributed by atoms with Gasteiger partial charge in [-0.1, -0.05) is 114 Å². The van der Waals surface area contributed by atoms with Crippen molar-refractivity contribution in [1.29, 1.82) is 0 Å². The van der Waals surface area contributed by atoms with Gasteiger partial charge in [-0.15, -0.1) is 11.1 Å². The van der Waals surface area contributed by atoms with Crippen LogP contribution in [0.2, 0.25) is 36.3 Å². The molecule has 1 nitrogen and oxygen atoms in total. The largest absolute Gasteiger partial charge is 0.296 e. The Hall–Kier alpha value is -2.34. The van der Waals surface area contributed by atoms with Crippen LogP contribution < -0.4 is 0 Å². The third kappa shape index (κ3) is 7.06. The number of benzene rings is 2. The van der Waals surface area contributed by atoms with Crippen molar-refractivity contribution in [3.63, 3.8) is 0 Å². The Bertz CT molecular complexity index is 1080. The molecule has 208 valence electrons. The van der Waals surface area contributed by atoms with Crippen LogP contribution in [0.4, 0.5) is 0 Å². The van der Waals surface area contributed by atoms with E-state index >= 15 is 4.79 Å². The molecule has 39 heavy (non-hydrogen) atoms. The van der Waals surface area contributed by atoms with Crippen molar-refractivity contribution in [2.45, 2.75) is 110 Å². The molecule has 0 unspecified atom stereocenters. The molecule has 1 aliphatic rings. The third-order valence-electron chi connectivity index (χ3n) is 9.97. The predicted molar refractivity (Wildman–Crippen MR) is 174 cm³/mol. The molecule has 0 saturated heterocycles. The molecule has 0 bridgehead atoms. The molecule has 3 rings (SSSR count). The minimum atomic E-state index is -1.72. The van der Waals surface area contributed by atoms with Gasteiger partial charge in [-0.05, 0) is 79.5 Å². The van der Waals surface area contributed by atoms with Gasteiger partial charge < -0.3 is 0 Å². The number of hydrogen-bond acceptors (Lipinski definition) is 1. The van der Waals surface area contributed by atoms with Gasteiger partial charge in [0.15, 0.2) is 5.78 Å². The monoisotopic (exact) mass is 554 g/mol. The van der Waals surface area contributed by atoms with E-state index in [4.69, 9.17) is 0 Å². The van der Waals surface area contributed by atoms with Crippen LogP contribution in [0.5, 0.6) is 0 Å². The Morgan fingerprint density at radius 3 is 1.23 bits per heavy atom. The summed E-state index contributed by atoms with van der Waals surface area (Å²) >= 11 is 0. The SMILES string of the molecule is CC[Si](C#C[C@@]1(Cc2ccccc2)CCC[C@@](C#C[Si](CC)(CC)CC)(Cc2ccccc2)C1=O)(CC)CC. The zero-order valence-electron chi connectivity index (χ0n) is 25.5. The highest BCUT2D eigenvalue weighted by Crippen LogP contribution is 2.47. The molecule has 0 radical (unpaired) electrons. The van der Waals surface area contributed by atoms with Gasteiger partial charge in [-0.25, -0.2) is 0 Å². The molecule has 0 heterocycles. The zero-order chi connectivity index (χ0) is 28.4. The zero-order valence-corrected chi connectivity index (χ0v) is 27.5. The Kier molecular flexibility index (Phi) is 11.1. The molecule has 2 aromatic rings. The van der Waals surface area contributed by atoms with Crippen LogP contribution in [0, 0.1) is 33.8 Å². The highest BCUT2D eigenvalue weighted by molar-refractivity contribution is 6.87. The van der Waals surface area contributed by atoms with Crippen molar-refractivity contribution in [3.05, 3.63) is 71.8 Å². The van der Waals surface area contributed by atoms with E-state index < -0.39 is 27.0 Å². The Labute approximate surface area is 241 Å². The van der Waals surface area contributed by atoms with Crippen molar-refractivity contribution in [1.82, 2.24) is 0 Å². The molecule has 0 N–H and O–H groups in total. The van der Waals surface area contributed by atoms with Crippen molar-refractivity contribution in [2.75, 3.05) is 0 Å². The standard InChI is InChI=1S/C36H50OSi2/c1-7-38(8-2,9-3)28-26-35(30-32-20-15-13-16-21-32)24-19-25-36(34(35)37,31-33-22-17-14-18-23-33)27-29-39(10-4,11-5)12-6/h13-18,20-23H,7-12,19,24-25,30-31H2,1-6H3/t35-,36-/m1/s1.